The van der Waals surface area contributed by atoms with Crippen LogP contribution in [0.5, 0.6) is 0 Å². The molecule has 0 saturated carbocycles. The summed E-state index contributed by atoms with van der Waals surface area (Å²) in [5.74, 6) is -2.39. The summed E-state index contributed by atoms with van der Waals surface area (Å²) in [6.07, 6.45) is -0.583. The SMILES string of the molecule is COC(=O)CN(CC(NCCOCCOCC(=O)NCCOCCOCC(C)=O)OC)C(=O)C(C)(C)CC(C)(C)C(=O)O. The van der Waals surface area contributed by atoms with Crippen molar-refractivity contribution in [3.63, 3.8) is 0 Å². The van der Waals surface area contributed by atoms with E-state index in [-0.39, 0.29) is 64.2 Å². The Balaban J connectivity index is 4.37. The number of amides is 2. The molecule has 0 aromatic rings. The van der Waals surface area contributed by atoms with Gasteiger partial charge in [0.25, 0.3) is 0 Å². The zero-order valence-corrected chi connectivity index (χ0v) is 26.7. The van der Waals surface area contributed by atoms with Crippen molar-refractivity contribution in [1.29, 1.82) is 0 Å². The van der Waals surface area contributed by atoms with Gasteiger partial charge >= 0.3 is 11.9 Å². The number of Topliss-reactive ketones (excluding diaryl/α,β-unsaturated/α-hetero) is 1. The van der Waals surface area contributed by atoms with E-state index in [2.05, 4.69) is 10.6 Å². The summed E-state index contributed by atoms with van der Waals surface area (Å²) in [5, 5.41) is 15.3. The number of methoxy groups -OCH3 is 2. The van der Waals surface area contributed by atoms with Gasteiger partial charge in [0.1, 0.15) is 26.0 Å². The number of hydrogen-bond donors (Lipinski definition) is 3. The van der Waals surface area contributed by atoms with Gasteiger partial charge in [-0.25, -0.2) is 0 Å². The van der Waals surface area contributed by atoms with Crippen LogP contribution in [0.3, 0.4) is 0 Å². The molecule has 0 rings (SSSR count). The Morgan fingerprint density at radius 2 is 1.35 bits per heavy atom. The minimum atomic E-state index is -1.15. The molecule has 43 heavy (non-hydrogen) atoms. The number of carbonyl (C=O) groups is 5. The van der Waals surface area contributed by atoms with Crippen LogP contribution in [0.4, 0.5) is 0 Å². The second-order valence-corrected chi connectivity index (χ2v) is 11.1. The Labute approximate surface area is 254 Å². The number of aliphatic carboxylic acids is 1. The quantitative estimate of drug-likeness (QED) is 0.0658. The summed E-state index contributed by atoms with van der Waals surface area (Å²) in [7, 11) is 2.67. The highest BCUT2D eigenvalue weighted by molar-refractivity contribution is 5.86. The largest absolute Gasteiger partial charge is 0.481 e. The molecule has 0 fully saturated rings. The minimum absolute atomic E-state index is 0.0122. The van der Waals surface area contributed by atoms with Crippen molar-refractivity contribution in [3.05, 3.63) is 0 Å². The first kappa shape index (κ1) is 40.3. The van der Waals surface area contributed by atoms with Crippen LogP contribution in [0.15, 0.2) is 0 Å². The third kappa shape index (κ3) is 19.3. The van der Waals surface area contributed by atoms with E-state index in [0.29, 0.717) is 32.9 Å². The smallest absolute Gasteiger partial charge is 0.325 e. The zero-order chi connectivity index (χ0) is 32.9. The van der Waals surface area contributed by atoms with Gasteiger partial charge in [-0.05, 0) is 27.2 Å². The average Bonchev–Trinajstić information content (AvgIpc) is 2.93. The summed E-state index contributed by atoms with van der Waals surface area (Å²) >= 11 is 0. The molecule has 0 aliphatic rings. The van der Waals surface area contributed by atoms with Crippen molar-refractivity contribution >= 4 is 29.5 Å². The van der Waals surface area contributed by atoms with Gasteiger partial charge in [-0.1, -0.05) is 13.8 Å². The van der Waals surface area contributed by atoms with Crippen LogP contribution in [0, 0.1) is 10.8 Å². The van der Waals surface area contributed by atoms with E-state index in [0.717, 1.165) is 0 Å². The number of carbonyl (C=O) groups excluding carboxylic acids is 4. The zero-order valence-electron chi connectivity index (χ0n) is 26.7. The second-order valence-electron chi connectivity index (χ2n) is 11.1. The van der Waals surface area contributed by atoms with Gasteiger partial charge < -0.3 is 43.7 Å². The van der Waals surface area contributed by atoms with E-state index in [4.69, 9.17) is 28.4 Å². The highest BCUT2D eigenvalue weighted by Gasteiger charge is 2.41. The predicted octanol–water partition coefficient (Wildman–Crippen LogP) is -0.151. The van der Waals surface area contributed by atoms with Gasteiger partial charge in [0.15, 0.2) is 5.78 Å². The first-order valence-electron chi connectivity index (χ1n) is 14.1. The first-order chi connectivity index (χ1) is 20.2. The van der Waals surface area contributed by atoms with Crippen LogP contribution < -0.4 is 10.6 Å². The van der Waals surface area contributed by atoms with Gasteiger partial charge in [0.2, 0.25) is 11.8 Å². The number of carboxylic acid groups (broad SMARTS) is 1. The maximum Gasteiger partial charge on any atom is 0.325 e. The van der Waals surface area contributed by atoms with Crippen LogP contribution in [0.25, 0.3) is 0 Å². The minimum Gasteiger partial charge on any atom is -0.481 e. The summed E-state index contributed by atoms with van der Waals surface area (Å²) in [6.45, 7) is 9.79. The fourth-order valence-electron chi connectivity index (χ4n) is 3.97. The number of nitrogens with zero attached hydrogens (tertiary/aromatic N) is 1. The number of carboxylic acids is 1. The maximum absolute atomic E-state index is 13.4. The van der Waals surface area contributed by atoms with Crippen LogP contribution in [-0.4, -0.2) is 139 Å². The van der Waals surface area contributed by atoms with Crippen LogP contribution in [-0.2, 0) is 52.4 Å². The fourth-order valence-corrected chi connectivity index (χ4v) is 3.97. The van der Waals surface area contributed by atoms with Crippen LogP contribution in [0.2, 0.25) is 0 Å². The molecule has 0 bridgehead atoms. The standard InChI is InChI=1S/C28H51N3O12/c1-21(32)18-42-14-12-40-10-8-29-22(33)19-43-15-13-41-11-9-30-23(38-6)16-31(17-24(34)39-7)25(35)27(2,3)20-28(4,5)26(36)37/h23,30H,8-20H2,1-7H3,(H,29,33)(H,36,37). The Kier molecular flexibility index (Phi) is 20.5. The summed E-state index contributed by atoms with van der Waals surface area (Å²) in [4.78, 5) is 60.8. The van der Waals surface area contributed by atoms with Gasteiger partial charge in [-0.3, -0.25) is 29.3 Å². The normalized spacial score (nSPS) is 12.4. The van der Waals surface area contributed by atoms with E-state index in [1.807, 2.05) is 0 Å². The lowest BCUT2D eigenvalue weighted by Crippen LogP contribution is -2.52. The summed E-state index contributed by atoms with van der Waals surface area (Å²) < 4.78 is 31.3. The van der Waals surface area contributed by atoms with Crippen molar-refractivity contribution in [3.8, 4) is 0 Å². The van der Waals surface area contributed by atoms with E-state index < -0.39 is 34.9 Å². The lowest BCUT2D eigenvalue weighted by Gasteiger charge is -2.36. The highest BCUT2D eigenvalue weighted by Crippen LogP contribution is 2.35. The molecule has 3 N–H and O–H groups in total. The third-order valence-corrected chi connectivity index (χ3v) is 6.02. The van der Waals surface area contributed by atoms with Crippen molar-refractivity contribution in [1.82, 2.24) is 15.5 Å². The predicted molar refractivity (Wildman–Crippen MR) is 154 cm³/mol. The number of hydrogen-bond acceptors (Lipinski definition) is 12. The van der Waals surface area contributed by atoms with Crippen molar-refractivity contribution in [2.75, 3.05) is 93.3 Å². The second kappa shape index (κ2) is 21.9. The molecule has 15 nitrogen and oxygen atoms in total. The molecule has 1 unspecified atom stereocenters. The van der Waals surface area contributed by atoms with Crippen molar-refractivity contribution in [2.45, 2.75) is 47.3 Å². The third-order valence-electron chi connectivity index (χ3n) is 6.02. The number of ether oxygens (including phenoxy) is 6. The number of esters is 1. The highest BCUT2D eigenvalue weighted by atomic mass is 16.5. The molecule has 0 aliphatic heterocycles. The number of ketones is 1. The lowest BCUT2D eigenvalue weighted by atomic mass is 9.74. The van der Waals surface area contributed by atoms with E-state index >= 15 is 0 Å². The molecule has 0 aromatic heterocycles. The van der Waals surface area contributed by atoms with Gasteiger partial charge in [0, 0.05) is 25.6 Å². The Morgan fingerprint density at radius 1 is 0.791 bits per heavy atom. The topological polar surface area (TPSA) is 188 Å². The molecule has 250 valence electrons. The molecule has 0 aliphatic carbocycles. The molecule has 0 heterocycles. The summed E-state index contributed by atoms with van der Waals surface area (Å²) in [6, 6.07) is 0. The molecule has 2 amide bonds. The van der Waals surface area contributed by atoms with Gasteiger partial charge in [0.05, 0.1) is 58.7 Å². The molecular weight excluding hydrogens is 570 g/mol. The number of nitrogens with one attached hydrogen (secondary N) is 2. The molecule has 0 spiro atoms. The Bertz CT molecular complexity index is 866. The van der Waals surface area contributed by atoms with E-state index in [1.165, 1.54) is 26.0 Å². The van der Waals surface area contributed by atoms with Crippen LogP contribution in [0.1, 0.15) is 41.0 Å². The Hall–Kier alpha value is -2.69. The number of rotatable bonds is 26. The maximum atomic E-state index is 13.4. The van der Waals surface area contributed by atoms with Crippen LogP contribution >= 0.6 is 0 Å². The molecule has 0 saturated heterocycles. The van der Waals surface area contributed by atoms with E-state index in [9.17, 15) is 29.1 Å². The molecule has 0 aromatic carbocycles. The lowest BCUT2D eigenvalue weighted by molar-refractivity contribution is -0.156. The Morgan fingerprint density at radius 3 is 1.88 bits per heavy atom. The first-order valence-corrected chi connectivity index (χ1v) is 14.1. The van der Waals surface area contributed by atoms with Gasteiger partial charge in [-0.15, -0.1) is 0 Å². The van der Waals surface area contributed by atoms with Gasteiger partial charge in [-0.2, -0.15) is 0 Å². The molecule has 0 radical (unpaired) electrons. The molecule has 1 atom stereocenters. The summed E-state index contributed by atoms with van der Waals surface area (Å²) in [5.41, 5.74) is -2.22. The molecular formula is C28H51N3O12. The average molecular weight is 622 g/mol. The monoisotopic (exact) mass is 621 g/mol. The van der Waals surface area contributed by atoms with Crippen molar-refractivity contribution < 1.29 is 57.5 Å². The van der Waals surface area contributed by atoms with E-state index in [1.54, 1.807) is 27.7 Å². The molecule has 15 heteroatoms. The fraction of sp³-hybridized carbons (Fsp3) is 0.821. The van der Waals surface area contributed by atoms with Crippen molar-refractivity contribution in [2.24, 2.45) is 10.8 Å².